The highest BCUT2D eigenvalue weighted by atomic mass is 32.2. The van der Waals surface area contributed by atoms with Crippen LogP contribution in [0.5, 0.6) is 5.75 Å². The summed E-state index contributed by atoms with van der Waals surface area (Å²) in [4.78, 5) is 35.0. The fourth-order valence-corrected chi connectivity index (χ4v) is 4.39. The number of hydrogen-bond acceptors (Lipinski definition) is 9. The summed E-state index contributed by atoms with van der Waals surface area (Å²) < 4.78 is 41.1. The third-order valence-electron chi connectivity index (χ3n) is 4.32. The van der Waals surface area contributed by atoms with Crippen molar-refractivity contribution in [3.05, 3.63) is 42.6 Å². The monoisotopic (exact) mass is 452 g/mol. The number of halogens is 1. The second-order valence-corrected chi connectivity index (χ2v) is 7.90. The van der Waals surface area contributed by atoms with Gasteiger partial charge in [0.15, 0.2) is 23.7 Å². The molecule has 2 aromatic rings. The van der Waals surface area contributed by atoms with Crippen molar-refractivity contribution in [2.75, 3.05) is 5.75 Å². The number of ether oxygens (including phenoxy) is 4. The van der Waals surface area contributed by atoms with Crippen LogP contribution < -0.4 is 4.74 Å². The molecule has 1 aliphatic rings. The Morgan fingerprint density at radius 1 is 1.00 bits per heavy atom. The van der Waals surface area contributed by atoms with Gasteiger partial charge in [0.1, 0.15) is 11.6 Å². The van der Waals surface area contributed by atoms with Gasteiger partial charge in [0.2, 0.25) is 0 Å². The van der Waals surface area contributed by atoms with Crippen LogP contribution in [0.1, 0.15) is 20.8 Å². The fraction of sp³-hybridized carbons (Fsp3) is 0.381. The van der Waals surface area contributed by atoms with E-state index in [9.17, 15) is 18.8 Å². The lowest BCUT2D eigenvalue weighted by Crippen LogP contribution is -2.55. The van der Waals surface area contributed by atoms with Crippen LogP contribution >= 0.6 is 11.8 Å². The molecule has 4 atom stereocenters. The molecule has 31 heavy (non-hydrogen) atoms. The number of carbonyl (C=O) groups is 3. The Balaban J connectivity index is 1.94. The zero-order chi connectivity index (χ0) is 22.5. The Labute approximate surface area is 182 Å². The predicted octanol–water partition coefficient (Wildman–Crippen LogP) is 3.33. The van der Waals surface area contributed by atoms with E-state index >= 15 is 0 Å². The summed E-state index contributed by atoms with van der Waals surface area (Å²) in [7, 11) is 0. The first-order valence-corrected chi connectivity index (χ1v) is 10.4. The molecule has 0 amide bonds. The van der Waals surface area contributed by atoms with Crippen molar-refractivity contribution in [3.8, 4) is 16.9 Å². The third-order valence-corrected chi connectivity index (χ3v) is 5.54. The molecule has 166 valence electrons. The first kappa shape index (κ1) is 22.7. The van der Waals surface area contributed by atoms with Gasteiger partial charge in [0.05, 0.1) is 12.5 Å². The van der Waals surface area contributed by atoms with Gasteiger partial charge in [-0.15, -0.1) is 11.8 Å². The summed E-state index contributed by atoms with van der Waals surface area (Å²) in [6, 6.07) is 5.71. The molecule has 0 saturated carbocycles. The van der Waals surface area contributed by atoms with Gasteiger partial charge in [0.25, 0.3) is 0 Å². The molecule has 0 unspecified atom stereocenters. The van der Waals surface area contributed by atoms with Crippen molar-refractivity contribution in [1.29, 1.82) is 0 Å². The minimum Gasteiger partial charge on any atom is -0.475 e. The molecule has 1 fully saturated rings. The Bertz CT molecular complexity index is 945. The average Bonchev–Trinajstić information content (AvgIpc) is 3.20. The second-order valence-electron chi connectivity index (χ2n) is 6.77. The average molecular weight is 452 g/mol. The van der Waals surface area contributed by atoms with Crippen LogP contribution in [0, 0.1) is 5.82 Å². The summed E-state index contributed by atoms with van der Waals surface area (Å²) in [5.41, 5.74) is 0.352. The maximum atomic E-state index is 14.0. The summed E-state index contributed by atoms with van der Waals surface area (Å²) in [6.07, 6.45) is -0.0976. The third kappa shape index (κ3) is 5.78. The lowest BCUT2D eigenvalue weighted by Gasteiger charge is -2.40. The maximum absolute atomic E-state index is 14.0. The molecule has 0 bridgehead atoms. The number of benzene rings is 1. The highest BCUT2D eigenvalue weighted by molar-refractivity contribution is 7.99. The number of thioether (sulfide) groups is 1. The first-order valence-electron chi connectivity index (χ1n) is 9.36. The van der Waals surface area contributed by atoms with Crippen molar-refractivity contribution >= 4 is 29.7 Å². The van der Waals surface area contributed by atoms with Gasteiger partial charge in [-0.25, -0.2) is 4.39 Å². The zero-order valence-corrected chi connectivity index (χ0v) is 17.8. The van der Waals surface area contributed by atoms with Gasteiger partial charge in [0, 0.05) is 43.7 Å². The molecule has 1 aromatic carbocycles. The molecule has 3 rings (SSSR count). The topological polar surface area (TPSA) is 101 Å². The largest absolute Gasteiger partial charge is 0.475 e. The zero-order valence-electron chi connectivity index (χ0n) is 17.0. The Kier molecular flexibility index (Phi) is 7.21. The van der Waals surface area contributed by atoms with Crippen LogP contribution in [0.4, 0.5) is 4.39 Å². The predicted molar refractivity (Wildman–Crippen MR) is 108 cm³/mol. The number of rotatable bonds is 6. The van der Waals surface area contributed by atoms with E-state index in [0.29, 0.717) is 11.1 Å². The molecule has 10 heteroatoms. The summed E-state index contributed by atoms with van der Waals surface area (Å²) in [5.74, 6) is -2.00. The SMILES string of the molecule is CC(=O)O[C@@H]1[C@@H](OC(C)=O)[C@H](OC(C)=O)CS[C@H]1Oc1cc(F)ccc1-c1ccoc1. The second kappa shape index (κ2) is 9.86. The molecule has 0 N–H and O–H groups in total. The highest BCUT2D eigenvalue weighted by Crippen LogP contribution is 2.38. The highest BCUT2D eigenvalue weighted by Gasteiger charge is 2.47. The van der Waals surface area contributed by atoms with Crippen LogP contribution in [0.3, 0.4) is 0 Å². The molecule has 8 nitrogen and oxygen atoms in total. The molecular weight excluding hydrogens is 431 g/mol. The number of hydrogen-bond donors (Lipinski definition) is 0. The standard InChI is InChI=1S/C21H21FO8S/c1-11(23)27-18-10-31-21(20(29-13(3)25)19(18)28-12(2)24)30-17-8-15(22)4-5-16(17)14-6-7-26-9-14/h4-9,18-21H,10H2,1-3H3/t18-,19+,20-,21-/m1/s1. The number of furan rings is 1. The summed E-state index contributed by atoms with van der Waals surface area (Å²) >= 11 is 1.19. The first-order chi connectivity index (χ1) is 14.7. The van der Waals surface area contributed by atoms with Gasteiger partial charge >= 0.3 is 17.9 Å². The van der Waals surface area contributed by atoms with E-state index in [0.717, 1.165) is 0 Å². The molecule has 0 spiro atoms. The van der Waals surface area contributed by atoms with Crippen molar-refractivity contribution in [3.63, 3.8) is 0 Å². The van der Waals surface area contributed by atoms with Gasteiger partial charge in [-0.1, -0.05) is 0 Å². The molecule has 2 heterocycles. The Hall–Kier alpha value is -3.01. The minimum atomic E-state index is -1.11. The van der Waals surface area contributed by atoms with Crippen LogP contribution in [0.2, 0.25) is 0 Å². The van der Waals surface area contributed by atoms with E-state index in [1.54, 1.807) is 6.07 Å². The minimum absolute atomic E-state index is 0.184. The van der Waals surface area contributed by atoms with Gasteiger partial charge in [-0.3, -0.25) is 14.4 Å². The van der Waals surface area contributed by atoms with Crippen molar-refractivity contribution in [1.82, 2.24) is 0 Å². The fourth-order valence-electron chi connectivity index (χ4n) is 3.18. The van der Waals surface area contributed by atoms with Gasteiger partial charge in [-0.2, -0.15) is 0 Å². The lowest BCUT2D eigenvalue weighted by atomic mass is 10.1. The molecular formula is C21H21FO8S. The van der Waals surface area contributed by atoms with Crippen molar-refractivity contribution in [2.45, 2.75) is 44.5 Å². The van der Waals surface area contributed by atoms with Crippen molar-refractivity contribution in [2.24, 2.45) is 0 Å². The molecule has 1 aromatic heterocycles. The van der Waals surface area contributed by atoms with E-state index in [4.69, 9.17) is 23.4 Å². The van der Waals surface area contributed by atoms with Crippen LogP contribution in [0.25, 0.3) is 11.1 Å². The quantitative estimate of drug-likeness (QED) is 0.482. The van der Waals surface area contributed by atoms with Gasteiger partial charge in [-0.05, 0) is 18.2 Å². The molecule has 1 saturated heterocycles. The Morgan fingerprint density at radius 2 is 1.68 bits per heavy atom. The van der Waals surface area contributed by atoms with Gasteiger partial charge < -0.3 is 23.4 Å². The smallest absolute Gasteiger partial charge is 0.303 e. The van der Waals surface area contributed by atoms with Crippen LogP contribution in [-0.2, 0) is 28.6 Å². The Morgan fingerprint density at radius 3 is 2.29 bits per heavy atom. The molecule has 0 aliphatic carbocycles. The van der Waals surface area contributed by atoms with E-state index in [-0.39, 0.29) is 11.5 Å². The number of esters is 3. The van der Waals surface area contributed by atoms with Crippen LogP contribution in [0.15, 0.2) is 41.2 Å². The normalized spacial score (nSPS) is 23.0. The number of carbonyl (C=O) groups excluding carboxylic acids is 3. The van der Waals surface area contributed by atoms with E-state index in [1.165, 1.54) is 63.3 Å². The lowest BCUT2D eigenvalue weighted by molar-refractivity contribution is -0.186. The van der Waals surface area contributed by atoms with Crippen molar-refractivity contribution < 1.29 is 42.1 Å². The molecule has 0 radical (unpaired) electrons. The van der Waals surface area contributed by atoms with E-state index in [1.807, 2.05) is 0 Å². The van der Waals surface area contributed by atoms with E-state index in [2.05, 4.69) is 0 Å². The summed E-state index contributed by atoms with van der Waals surface area (Å²) in [6.45, 7) is 3.61. The molecule has 1 aliphatic heterocycles. The van der Waals surface area contributed by atoms with Crippen LogP contribution in [-0.4, -0.2) is 47.4 Å². The maximum Gasteiger partial charge on any atom is 0.303 e. The van der Waals surface area contributed by atoms with E-state index < -0.39 is 47.5 Å². The summed E-state index contributed by atoms with van der Waals surface area (Å²) in [5, 5.41) is 0.